The van der Waals surface area contributed by atoms with Crippen LogP contribution < -0.4 is 0 Å². The van der Waals surface area contributed by atoms with Crippen molar-refractivity contribution >= 4 is 11.8 Å². The van der Waals surface area contributed by atoms with Crippen molar-refractivity contribution < 1.29 is 14.7 Å². The number of amides is 2. The van der Waals surface area contributed by atoms with Gasteiger partial charge in [0.2, 0.25) is 11.8 Å². The Morgan fingerprint density at radius 3 is 2.24 bits per heavy atom. The predicted molar refractivity (Wildman–Crippen MR) is 78.3 cm³/mol. The average Bonchev–Trinajstić information content (AvgIpc) is 2.97. The summed E-state index contributed by atoms with van der Waals surface area (Å²) in [6, 6.07) is 9.25. The van der Waals surface area contributed by atoms with Crippen molar-refractivity contribution in [2.75, 3.05) is 6.61 Å². The Bertz CT molecular complexity index is 518. The van der Waals surface area contributed by atoms with Gasteiger partial charge in [0.25, 0.3) is 0 Å². The molecule has 112 valence electrons. The van der Waals surface area contributed by atoms with Gasteiger partial charge in [-0.2, -0.15) is 0 Å². The third kappa shape index (κ3) is 2.48. The number of benzene rings is 1. The van der Waals surface area contributed by atoms with Gasteiger partial charge >= 0.3 is 0 Å². The molecule has 2 unspecified atom stereocenters. The van der Waals surface area contributed by atoms with Gasteiger partial charge in [0.05, 0.1) is 24.5 Å². The lowest BCUT2D eigenvalue weighted by atomic mass is 10.00. The minimum atomic E-state index is -0.437. The molecule has 4 nitrogen and oxygen atoms in total. The zero-order valence-corrected chi connectivity index (χ0v) is 12.2. The quantitative estimate of drug-likeness (QED) is 0.856. The summed E-state index contributed by atoms with van der Waals surface area (Å²) in [5.74, 6) is -0.0277. The van der Waals surface area contributed by atoms with E-state index in [9.17, 15) is 14.7 Å². The number of rotatable bonds is 4. The van der Waals surface area contributed by atoms with Crippen LogP contribution in [0.3, 0.4) is 0 Å². The molecule has 21 heavy (non-hydrogen) atoms. The van der Waals surface area contributed by atoms with E-state index in [2.05, 4.69) is 6.92 Å². The van der Waals surface area contributed by atoms with Gasteiger partial charge in [0.15, 0.2) is 0 Å². The van der Waals surface area contributed by atoms with E-state index in [0.29, 0.717) is 12.3 Å². The highest BCUT2D eigenvalue weighted by atomic mass is 16.3. The van der Waals surface area contributed by atoms with Crippen molar-refractivity contribution in [3.63, 3.8) is 0 Å². The molecular formula is C17H21NO3. The summed E-state index contributed by atoms with van der Waals surface area (Å²) in [5.41, 5.74) is 1.03. The van der Waals surface area contributed by atoms with E-state index in [-0.39, 0.29) is 30.3 Å². The molecule has 1 aromatic rings. The highest BCUT2D eigenvalue weighted by Crippen LogP contribution is 2.43. The fourth-order valence-electron chi connectivity index (χ4n) is 3.79. The molecule has 2 aliphatic rings. The van der Waals surface area contributed by atoms with Crippen LogP contribution in [0.25, 0.3) is 0 Å². The van der Waals surface area contributed by atoms with Crippen LogP contribution in [-0.4, -0.2) is 34.5 Å². The summed E-state index contributed by atoms with van der Waals surface area (Å²) < 4.78 is 0. The maximum absolute atomic E-state index is 12.5. The largest absolute Gasteiger partial charge is 0.394 e. The summed E-state index contributed by atoms with van der Waals surface area (Å²) in [7, 11) is 0. The zero-order chi connectivity index (χ0) is 15.0. The van der Waals surface area contributed by atoms with Crippen LogP contribution in [0.5, 0.6) is 0 Å². The third-order valence-corrected chi connectivity index (χ3v) is 4.80. The molecule has 0 aromatic heterocycles. The first-order chi connectivity index (χ1) is 10.1. The molecule has 3 atom stereocenters. The Labute approximate surface area is 124 Å². The minimum Gasteiger partial charge on any atom is -0.394 e. The van der Waals surface area contributed by atoms with Crippen LogP contribution in [-0.2, 0) is 16.0 Å². The summed E-state index contributed by atoms with van der Waals surface area (Å²) in [4.78, 5) is 26.4. The molecule has 2 amide bonds. The van der Waals surface area contributed by atoms with Crippen molar-refractivity contribution in [1.29, 1.82) is 0 Å². The minimum absolute atomic E-state index is 0.0793. The highest BCUT2D eigenvalue weighted by Gasteiger charge is 2.53. The molecule has 0 bridgehead atoms. The maximum atomic E-state index is 12.5. The van der Waals surface area contributed by atoms with Crippen LogP contribution in [0.15, 0.2) is 30.3 Å². The number of hydrogen-bond acceptors (Lipinski definition) is 3. The highest BCUT2D eigenvalue weighted by molar-refractivity contribution is 6.05. The molecule has 0 spiro atoms. The molecule has 1 saturated heterocycles. The first-order valence-corrected chi connectivity index (χ1v) is 7.63. The Morgan fingerprint density at radius 2 is 1.71 bits per heavy atom. The van der Waals surface area contributed by atoms with Gasteiger partial charge in [0.1, 0.15) is 0 Å². The third-order valence-electron chi connectivity index (χ3n) is 4.80. The SMILES string of the molecule is CC1CC2C(=O)N([C@H](CO)Cc3ccccc3)C(=O)C2C1. The molecule has 0 radical (unpaired) electrons. The van der Waals surface area contributed by atoms with Crippen LogP contribution in [0.1, 0.15) is 25.3 Å². The molecule has 1 heterocycles. The number of fused-ring (bicyclic) bond motifs is 1. The van der Waals surface area contributed by atoms with Crippen LogP contribution in [0, 0.1) is 17.8 Å². The molecule has 1 saturated carbocycles. The van der Waals surface area contributed by atoms with E-state index >= 15 is 0 Å². The summed E-state index contributed by atoms with van der Waals surface area (Å²) in [6.45, 7) is 1.91. The Balaban J connectivity index is 1.79. The first kappa shape index (κ1) is 14.3. The molecular weight excluding hydrogens is 266 g/mol. The van der Waals surface area contributed by atoms with Gasteiger partial charge in [-0.15, -0.1) is 0 Å². The van der Waals surface area contributed by atoms with E-state index in [0.717, 1.165) is 18.4 Å². The molecule has 2 fully saturated rings. The van der Waals surface area contributed by atoms with Gasteiger partial charge in [-0.1, -0.05) is 37.3 Å². The summed E-state index contributed by atoms with van der Waals surface area (Å²) in [6.07, 6.45) is 2.12. The number of imide groups is 1. The van der Waals surface area contributed by atoms with Crippen molar-refractivity contribution in [3.05, 3.63) is 35.9 Å². The molecule has 1 aromatic carbocycles. The smallest absolute Gasteiger partial charge is 0.233 e. The first-order valence-electron chi connectivity index (χ1n) is 7.63. The van der Waals surface area contributed by atoms with E-state index in [4.69, 9.17) is 0 Å². The molecule has 3 rings (SSSR count). The van der Waals surface area contributed by atoms with Gasteiger partial charge < -0.3 is 5.11 Å². The van der Waals surface area contributed by atoms with Crippen LogP contribution in [0.4, 0.5) is 0 Å². The van der Waals surface area contributed by atoms with E-state index in [1.165, 1.54) is 4.90 Å². The Kier molecular flexibility index (Phi) is 3.81. The predicted octanol–water partition coefficient (Wildman–Crippen LogP) is 1.62. The van der Waals surface area contributed by atoms with Crippen LogP contribution in [0.2, 0.25) is 0 Å². The number of nitrogens with zero attached hydrogens (tertiary/aromatic N) is 1. The van der Waals surface area contributed by atoms with Crippen molar-refractivity contribution in [1.82, 2.24) is 4.90 Å². The zero-order valence-electron chi connectivity index (χ0n) is 12.2. The number of carbonyl (C=O) groups excluding carboxylic acids is 2. The fraction of sp³-hybridized carbons (Fsp3) is 0.529. The Morgan fingerprint density at radius 1 is 1.14 bits per heavy atom. The maximum Gasteiger partial charge on any atom is 0.233 e. The molecule has 1 aliphatic carbocycles. The number of carbonyl (C=O) groups is 2. The lowest BCUT2D eigenvalue weighted by Crippen LogP contribution is -2.44. The second-order valence-corrected chi connectivity index (χ2v) is 6.36. The molecule has 1 N–H and O–H groups in total. The topological polar surface area (TPSA) is 57.6 Å². The van der Waals surface area contributed by atoms with Crippen molar-refractivity contribution in [2.24, 2.45) is 17.8 Å². The summed E-state index contributed by atoms with van der Waals surface area (Å²) >= 11 is 0. The number of hydrogen-bond donors (Lipinski definition) is 1. The normalized spacial score (nSPS) is 29.8. The van der Waals surface area contributed by atoms with Crippen molar-refractivity contribution in [3.8, 4) is 0 Å². The monoisotopic (exact) mass is 287 g/mol. The van der Waals surface area contributed by atoms with Crippen LogP contribution >= 0.6 is 0 Å². The van der Waals surface area contributed by atoms with Gasteiger partial charge in [-0.25, -0.2) is 0 Å². The number of aliphatic hydroxyl groups excluding tert-OH is 1. The second-order valence-electron chi connectivity index (χ2n) is 6.36. The van der Waals surface area contributed by atoms with Gasteiger partial charge in [0, 0.05) is 0 Å². The molecule has 1 aliphatic heterocycles. The Hall–Kier alpha value is -1.68. The lowest BCUT2D eigenvalue weighted by Gasteiger charge is -2.26. The summed E-state index contributed by atoms with van der Waals surface area (Å²) in [5, 5.41) is 9.65. The number of aliphatic hydroxyl groups is 1. The second kappa shape index (κ2) is 5.60. The lowest BCUT2D eigenvalue weighted by molar-refractivity contribution is -0.144. The molecule has 4 heteroatoms. The van der Waals surface area contributed by atoms with E-state index in [1.807, 2.05) is 30.3 Å². The van der Waals surface area contributed by atoms with E-state index in [1.54, 1.807) is 0 Å². The fourth-order valence-corrected chi connectivity index (χ4v) is 3.79. The van der Waals surface area contributed by atoms with Gasteiger partial charge in [-0.3, -0.25) is 14.5 Å². The number of likely N-dealkylation sites (tertiary alicyclic amines) is 1. The van der Waals surface area contributed by atoms with Crippen molar-refractivity contribution in [2.45, 2.75) is 32.2 Å². The average molecular weight is 287 g/mol. The van der Waals surface area contributed by atoms with E-state index < -0.39 is 6.04 Å². The standard InChI is InChI=1S/C17H21NO3/c1-11-7-14-15(8-11)17(21)18(16(14)20)13(10-19)9-12-5-3-2-4-6-12/h2-6,11,13-15,19H,7-10H2,1H3/t11?,13-,14?,15?/m0/s1. The van der Waals surface area contributed by atoms with Gasteiger partial charge in [-0.05, 0) is 30.7 Å².